The minimum atomic E-state index is -1.38. The molecule has 0 spiro atoms. The molecule has 120 valence electrons. The number of carbonyl (C=O) groups is 2. The van der Waals surface area contributed by atoms with Crippen LogP contribution in [0.2, 0.25) is 0 Å². The summed E-state index contributed by atoms with van der Waals surface area (Å²) in [5.74, 6) is -2.21. The average Bonchev–Trinajstić information content (AvgIpc) is 2.50. The van der Waals surface area contributed by atoms with Crippen molar-refractivity contribution in [2.45, 2.75) is 25.7 Å². The van der Waals surface area contributed by atoms with Crippen LogP contribution in [0.5, 0.6) is 0 Å². The van der Waals surface area contributed by atoms with Crippen LogP contribution in [-0.2, 0) is 15.0 Å². The smallest absolute Gasteiger partial charge is 0.314 e. The molecule has 2 aromatic carbocycles. The zero-order valence-electron chi connectivity index (χ0n) is 13.0. The third-order valence-electron chi connectivity index (χ3n) is 3.80. The summed E-state index contributed by atoms with van der Waals surface area (Å²) in [6, 6.07) is 13.0. The van der Waals surface area contributed by atoms with Gasteiger partial charge in [-0.05, 0) is 37.1 Å². The van der Waals surface area contributed by atoms with Gasteiger partial charge in [-0.15, -0.1) is 0 Å². The Balaban J connectivity index is 2.20. The number of carboxylic acid groups (broad SMARTS) is 1. The van der Waals surface area contributed by atoms with Crippen LogP contribution in [0.1, 0.15) is 24.5 Å². The number of amides is 1. The van der Waals surface area contributed by atoms with E-state index in [2.05, 4.69) is 5.32 Å². The number of aryl methyl sites for hydroxylation is 1. The van der Waals surface area contributed by atoms with Crippen LogP contribution in [0.4, 0.5) is 10.1 Å². The Bertz CT molecular complexity index is 730. The fourth-order valence-corrected chi connectivity index (χ4v) is 2.34. The van der Waals surface area contributed by atoms with Crippen LogP contribution in [0.15, 0.2) is 48.5 Å². The lowest BCUT2D eigenvalue weighted by atomic mass is 9.79. The van der Waals surface area contributed by atoms with Gasteiger partial charge in [0.2, 0.25) is 5.91 Å². The quantitative estimate of drug-likeness (QED) is 0.887. The van der Waals surface area contributed by atoms with Gasteiger partial charge >= 0.3 is 5.97 Å². The molecule has 0 fully saturated rings. The molecule has 2 aromatic rings. The van der Waals surface area contributed by atoms with Crippen molar-refractivity contribution in [3.63, 3.8) is 0 Å². The number of hydrogen-bond donors (Lipinski definition) is 2. The second-order valence-corrected chi connectivity index (χ2v) is 5.71. The van der Waals surface area contributed by atoms with Crippen LogP contribution < -0.4 is 5.32 Å². The lowest BCUT2D eigenvalue weighted by Gasteiger charge is -2.24. The topological polar surface area (TPSA) is 66.4 Å². The van der Waals surface area contributed by atoms with E-state index in [0.29, 0.717) is 5.56 Å². The third-order valence-corrected chi connectivity index (χ3v) is 3.80. The number of halogens is 1. The SMILES string of the molecule is Cc1ccc(NC(=O)C[C@@](C)(C(=O)O)c2ccccc2)c(F)c1. The summed E-state index contributed by atoms with van der Waals surface area (Å²) in [6.45, 7) is 3.22. The summed E-state index contributed by atoms with van der Waals surface area (Å²) in [4.78, 5) is 23.9. The normalized spacial score (nSPS) is 13.2. The van der Waals surface area contributed by atoms with E-state index in [-0.39, 0.29) is 12.1 Å². The van der Waals surface area contributed by atoms with E-state index in [4.69, 9.17) is 0 Å². The molecule has 0 saturated heterocycles. The van der Waals surface area contributed by atoms with Crippen LogP contribution in [0.3, 0.4) is 0 Å². The Morgan fingerprint density at radius 1 is 1.17 bits per heavy atom. The maximum Gasteiger partial charge on any atom is 0.314 e. The van der Waals surface area contributed by atoms with Crippen molar-refractivity contribution in [1.29, 1.82) is 0 Å². The Morgan fingerprint density at radius 3 is 2.39 bits per heavy atom. The Labute approximate surface area is 134 Å². The minimum absolute atomic E-state index is 0.0430. The lowest BCUT2D eigenvalue weighted by Crippen LogP contribution is -2.36. The molecular formula is C18H18FNO3. The number of nitrogens with one attached hydrogen (secondary N) is 1. The first kappa shape index (κ1) is 16.7. The summed E-state index contributed by atoms with van der Waals surface area (Å²) in [7, 11) is 0. The van der Waals surface area contributed by atoms with E-state index >= 15 is 0 Å². The summed E-state index contributed by atoms with van der Waals surface area (Å²) >= 11 is 0. The first-order valence-corrected chi connectivity index (χ1v) is 7.18. The Morgan fingerprint density at radius 2 is 1.83 bits per heavy atom. The number of benzene rings is 2. The molecule has 1 amide bonds. The van der Waals surface area contributed by atoms with Gasteiger partial charge < -0.3 is 10.4 Å². The van der Waals surface area contributed by atoms with Crippen molar-refractivity contribution in [3.05, 3.63) is 65.5 Å². The fraction of sp³-hybridized carbons (Fsp3) is 0.222. The highest BCUT2D eigenvalue weighted by Crippen LogP contribution is 2.29. The molecule has 0 aliphatic heterocycles. The van der Waals surface area contributed by atoms with Crippen molar-refractivity contribution in [3.8, 4) is 0 Å². The highest BCUT2D eigenvalue weighted by molar-refractivity contribution is 5.96. The molecule has 0 bridgehead atoms. The number of carbonyl (C=O) groups excluding carboxylic acids is 1. The molecule has 0 aliphatic rings. The van der Waals surface area contributed by atoms with Crippen molar-refractivity contribution in [1.82, 2.24) is 0 Å². The Kier molecular flexibility index (Phi) is 4.79. The second kappa shape index (κ2) is 6.60. The molecular weight excluding hydrogens is 297 g/mol. The van der Waals surface area contributed by atoms with Gasteiger partial charge in [-0.1, -0.05) is 36.4 Å². The number of carboxylic acids is 1. The van der Waals surface area contributed by atoms with E-state index in [1.807, 2.05) is 0 Å². The van der Waals surface area contributed by atoms with Gasteiger partial charge in [0.15, 0.2) is 0 Å². The molecule has 0 heterocycles. The molecule has 2 N–H and O–H groups in total. The first-order chi connectivity index (χ1) is 10.8. The van der Waals surface area contributed by atoms with Crippen molar-refractivity contribution in [2.75, 3.05) is 5.32 Å². The predicted octanol–water partition coefficient (Wildman–Crippen LogP) is 3.51. The molecule has 2 rings (SSSR count). The maximum absolute atomic E-state index is 13.8. The largest absolute Gasteiger partial charge is 0.481 e. The Hall–Kier alpha value is -2.69. The van der Waals surface area contributed by atoms with Crippen LogP contribution in [0.25, 0.3) is 0 Å². The molecule has 5 heteroatoms. The van der Waals surface area contributed by atoms with Gasteiger partial charge in [-0.3, -0.25) is 9.59 Å². The van der Waals surface area contributed by atoms with Crippen LogP contribution in [0, 0.1) is 12.7 Å². The van der Waals surface area contributed by atoms with Gasteiger partial charge in [0, 0.05) is 6.42 Å². The van der Waals surface area contributed by atoms with E-state index in [1.54, 1.807) is 43.3 Å². The average molecular weight is 315 g/mol. The third kappa shape index (κ3) is 3.74. The molecule has 0 saturated carbocycles. The highest BCUT2D eigenvalue weighted by Gasteiger charge is 2.37. The number of hydrogen-bond acceptors (Lipinski definition) is 2. The molecule has 0 aliphatic carbocycles. The van der Waals surface area contributed by atoms with Crippen molar-refractivity contribution in [2.24, 2.45) is 0 Å². The maximum atomic E-state index is 13.8. The minimum Gasteiger partial charge on any atom is -0.481 e. The van der Waals surface area contributed by atoms with Gasteiger partial charge in [-0.2, -0.15) is 0 Å². The molecule has 4 nitrogen and oxygen atoms in total. The standard InChI is InChI=1S/C18H18FNO3/c1-12-8-9-15(14(19)10-12)20-16(21)11-18(2,17(22)23)13-6-4-3-5-7-13/h3-10H,11H2,1-2H3,(H,20,21)(H,22,23)/t18-/m1/s1. The van der Waals surface area contributed by atoms with E-state index in [0.717, 1.165) is 5.56 Å². The molecule has 0 unspecified atom stereocenters. The summed E-state index contributed by atoms with van der Waals surface area (Å²) in [6.07, 6.45) is -0.292. The van der Waals surface area contributed by atoms with Gasteiger partial charge in [0.25, 0.3) is 0 Å². The number of anilines is 1. The monoisotopic (exact) mass is 315 g/mol. The van der Waals surface area contributed by atoms with E-state index in [1.165, 1.54) is 19.1 Å². The highest BCUT2D eigenvalue weighted by atomic mass is 19.1. The zero-order valence-corrected chi connectivity index (χ0v) is 13.0. The summed E-state index contributed by atoms with van der Waals surface area (Å²) in [5.41, 5.74) is -0.0828. The lowest BCUT2D eigenvalue weighted by molar-refractivity contribution is -0.145. The molecule has 0 radical (unpaired) electrons. The van der Waals surface area contributed by atoms with E-state index in [9.17, 15) is 19.1 Å². The summed E-state index contributed by atoms with van der Waals surface area (Å²) < 4.78 is 13.8. The second-order valence-electron chi connectivity index (χ2n) is 5.71. The van der Waals surface area contributed by atoms with Crippen molar-refractivity contribution < 1.29 is 19.1 Å². The van der Waals surface area contributed by atoms with Gasteiger partial charge in [0.1, 0.15) is 5.82 Å². The van der Waals surface area contributed by atoms with Crippen LogP contribution >= 0.6 is 0 Å². The van der Waals surface area contributed by atoms with Crippen molar-refractivity contribution >= 4 is 17.6 Å². The van der Waals surface area contributed by atoms with Gasteiger partial charge in [0.05, 0.1) is 11.1 Å². The van der Waals surface area contributed by atoms with Gasteiger partial charge in [-0.25, -0.2) is 4.39 Å². The fourth-order valence-electron chi connectivity index (χ4n) is 2.34. The zero-order chi connectivity index (χ0) is 17.0. The number of rotatable bonds is 5. The molecule has 0 aromatic heterocycles. The van der Waals surface area contributed by atoms with E-state index < -0.39 is 23.1 Å². The molecule has 23 heavy (non-hydrogen) atoms. The first-order valence-electron chi connectivity index (χ1n) is 7.18. The summed E-state index contributed by atoms with van der Waals surface area (Å²) in [5, 5.41) is 12.0. The number of aliphatic carboxylic acids is 1. The predicted molar refractivity (Wildman–Crippen MR) is 85.8 cm³/mol. The molecule has 1 atom stereocenters. The van der Waals surface area contributed by atoms with Crippen LogP contribution in [-0.4, -0.2) is 17.0 Å².